The maximum Gasteiger partial charge on any atom is 0.230 e. The fourth-order valence-electron chi connectivity index (χ4n) is 1.06. The second-order valence-corrected chi connectivity index (χ2v) is 4.71. The van der Waals surface area contributed by atoms with Gasteiger partial charge in [-0.2, -0.15) is 0 Å². The van der Waals surface area contributed by atoms with E-state index in [1.165, 1.54) is 16.9 Å². The van der Waals surface area contributed by atoms with Crippen molar-refractivity contribution in [3.8, 4) is 0 Å². The lowest BCUT2D eigenvalue weighted by atomic mass is 10.2. The average molecular weight is 235 g/mol. The first kappa shape index (κ1) is 10.2. The number of aryl methyl sites for hydroxylation is 1. The minimum atomic E-state index is 0.644. The van der Waals surface area contributed by atoms with Gasteiger partial charge in [0.15, 0.2) is 3.95 Å². The molecule has 1 N–H and O–H groups in total. The van der Waals surface area contributed by atoms with Gasteiger partial charge in [0.05, 0.1) is 0 Å². The molecule has 0 bridgehead atoms. The quantitative estimate of drug-likeness (QED) is 0.641. The largest absolute Gasteiger partial charge is 0.256 e. The molecule has 76 valence electrons. The number of aliphatic imine (C=N–C) groups is 1. The summed E-state index contributed by atoms with van der Waals surface area (Å²) in [7, 11) is 0. The Morgan fingerprint density at radius 2 is 2.13 bits per heavy atom. The third kappa shape index (κ3) is 2.81. The number of aromatic nitrogens is 2. The van der Waals surface area contributed by atoms with E-state index >= 15 is 0 Å². The number of rotatable bonds is 2. The van der Waals surface area contributed by atoms with E-state index in [0.29, 0.717) is 9.09 Å². The minimum Gasteiger partial charge on any atom is -0.256 e. The Bertz CT molecular complexity index is 522. The molecule has 5 heteroatoms. The summed E-state index contributed by atoms with van der Waals surface area (Å²) < 4.78 is 0.644. The molecule has 0 saturated carbocycles. The van der Waals surface area contributed by atoms with Crippen LogP contribution in [0.5, 0.6) is 0 Å². The topological polar surface area (TPSA) is 41.0 Å². The lowest BCUT2D eigenvalue weighted by Gasteiger charge is -1.92. The average Bonchev–Trinajstić information content (AvgIpc) is 2.64. The molecule has 1 aromatic heterocycles. The second kappa shape index (κ2) is 4.46. The van der Waals surface area contributed by atoms with Crippen molar-refractivity contribution in [3.63, 3.8) is 0 Å². The zero-order chi connectivity index (χ0) is 10.7. The maximum atomic E-state index is 4.91. The maximum absolute atomic E-state index is 4.91. The fourth-order valence-corrected chi connectivity index (χ4v) is 1.78. The molecule has 1 heterocycles. The Balaban J connectivity index is 2.18. The van der Waals surface area contributed by atoms with Gasteiger partial charge in [0.25, 0.3) is 0 Å². The van der Waals surface area contributed by atoms with E-state index in [9.17, 15) is 0 Å². The van der Waals surface area contributed by atoms with Crippen molar-refractivity contribution in [1.82, 2.24) is 10.2 Å². The molecule has 0 atom stereocenters. The van der Waals surface area contributed by atoms with Gasteiger partial charge < -0.3 is 0 Å². The molecule has 3 nitrogen and oxygen atoms in total. The highest BCUT2D eigenvalue weighted by Crippen LogP contribution is 2.14. The van der Waals surface area contributed by atoms with Gasteiger partial charge in [-0.25, -0.2) is 4.99 Å². The van der Waals surface area contributed by atoms with Gasteiger partial charge in [0.2, 0.25) is 5.13 Å². The first-order valence-corrected chi connectivity index (χ1v) is 5.63. The van der Waals surface area contributed by atoms with Crippen LogP contribution in [-0.2, 0) is 0 Å². The Kier molecular flexibility index (Phi) is 3.03. The molecule has 0 radical (unpaired) electrons. The van der Waals surface area contributed by atoms with Crippen LogP contribution >= 0.6 is 23.6 Å². The summed E-state index contributed by atoms with van der Waals surface area (Å²) in [5.74, 6) is 0. The molecule has 0 aliphatic carbocycles. The van der Waals surface area contributed by atoms with Gasteiger partial charge >= 0.3 is 0 Å². The normalized spacial score (nSPS) is 11.0. The van der Waals surface area contributed by atoms with Gasteiger partial charge in [-0.15, -0.1) is 5.10 Å². The molecule has 0 unspecified atom stereocenters. The lowest BCUT2D eigenvalue weighted by Crippen LogP contribution is -1.80. The number of benzene rings is 1. The number of nitrogens with one attached hydrogen (secondary N) is 1. The molecule has 2 aromatic rings. The van der Waals surface area contributed by atoms with E-state index in [1.54, 1.807) is 6.21 Å². The number of hydrogen-bond donors (Lipinski definition) is 1. The van der Waals surface area contributed by atoms with E-state index in [-0.39, 0.29) is 0 Å². The molecular formula is C10H9N3S2. The molecular weight excluding hydrogens is 226 g/mol. The van der Waals surface area contributed by atoms with Crippen LogP contribution in [0.4, 0.5) is 5.13 Å². The molecule has 2 rings (SSSR count). The van der Waals surface area contributed by atoms with Crippen molar-refractivity contribution in [2.75, 3.05) is 0 Å². The van der Waals surface area contributed by atoms with E-state index in [4.69, 9.17) is 12.2 Å². The SMILES string of the molecule is Cc1ccc(C=Nc2n[nH]c(=S)s2)cc1. The van der Waals surface area contributed by atoms with Crippen molar-refractivity contribution < 1.29 is 0 Å². The summed E-state index contributed by atoms with van der Waals surface area (Å²) in [5, 5.41) is 7.28. The molecule has 15 heavy (non-hydrogen) atoms. The van der Waals surface area contributed by atoms with E-state index < -0.39 is 0 Å². The van der Waals surface area contributed by atoms with E-state index in [0.717, 1.165) is 5.56 Å². The first-order valence-electron chi connectivity index (χ1n) is 4.40. The molecule has 1 aromatic carbocycles. The third-order valence-electron chi connectivity index (χ3n) is 1.83. The predicted octanol–water partition coefficient (Wildman–Crippen LogP) is 3.26. The first-order chi connectivity index (χ1) is 7.24. The van der Waals surface area contributed by atoms with Gasteiger partial charge in [-0.3, -0.25) is 5.10 Å². The highest BCUT2D eigenvalue weighted by molar-refractivity contribution is 7.73. The van der Waals surface area contributed by atoms with Gasteiger partial charge in [-0.1, -0.05) is 41.2 Å². The molecule has 0 spiro atoms. The molecule has 0 saturated heterocycles. The number of nitrogens with zero attached hydrogens (tertiary/aromatic N) is 2. The van der Waals surface area contributed by atoms with Crippen LogP contribution < -0.4 is 0 Å². The standard InChI is InChI=1S/C10H9N3S2/c1-7-2-4-8(5-3-7)6-11-9-12-13-10(14)15-9/h2-6H,1H3,(H,13,14). The van der Waals surface area contributed by atoms with Gasteiger partial charge in [0.1, 0.15) is 0 Å². The third-order valence-corrected chi connectivity index (χ3v) is 2.83. The summed E-state index contributed by atoms with van der Waals surface area (Å²) in [4.78, 5) is 4.21. The monoisotopic (exact) mass is 235 g/mol. The predicted molar refractivity (Wildman–Crippen MR) is 65.7 cm³/mol. The summed E-state index contributed by atoms with van der Waals surface area (Å²) in [6.45, 7) is 2.06. The highest BCUT2D eigenvalue weighted by atomic mass is 32.1. The van der Waals surface area contributed by atoms with Crippen LogP contribution in [0.15, 0.2) is 29.3 Å². The highest BCUT2D eigenvalue weighted by Gasteiger charge is 1.92. The van der Waals surface area contributed by atoms with Crippen LogP contribution in [0.1, 0.15) is 11.1 Å². The van der Waals surface area contributed by atoms with Crippen molar-refractivity contribution in [3.05, 3.63) is 39.3 Å². The molecule has 0 aliphatic heterocycles. The van der Waals surface area contributed by atoms with Crippen LogP contribution in [0.2, 0.25) is 0 Å². The summed E-state index contributed by atoms with van der Waals surface area (Å²) in [6, 6.07) is 8.14. The summed E-state index contributed by atoms with van der Waals surface area (Å²) in [6.07, 6.45) is 1.78. The van der Waals surface area contributed by atoms with Crippen molar-refractivity contribution >= 4 is 34.9 Å². The number of H-pyrrole nitrogens is 1. The molecule has 0 aliphatic rings. The Hall–Kier alpha value is -1.33. The van der Waals surface area contributed by atoms with Gasteiger partial charge in [-0.05, 0) is 24.7 Å². The zero-order valence-electron chi connectivity index (χ0n) is 8.10. The second-order valence-electron chi connectivity index (χ2n) is 3.06. The Morgan fingerprint density at radius 3 is 2.73 bits per heavy atom. The van der Waals surface area contributed by atoms with E-state index in [2.05, 4.69) is 22.1 Å². The van der Waals surface area contributed by atoms with Crippen molar-refractivity contribution in [2.24, 2.45) is 4.99 Å². The number of aromatic amines is 1. The number of hydrogen-bond acceptors (Lipinski definition) is 4. The van der Waals surface area contributed by atoms with Crippen LogP contribution in [0, 0.1) is 10.9 Å². The fraction of sp³-hybridized carbons (Fsp3) is 0.100. The van der Waals surface area contributed by atoms with Crippen molar-refractivity contribution in [2.45, 2.75) is 6.92 Å². The Labute approximate surface area is 96.5 Å². The van der Waals surface area contributed by atoms with E-state index in [1.807, 2.05) is 24.3 Å². The summed E-state index contributed by atoms with van der Waals surface area (Å²) in [5.41, 5.74) is 2.30. The van der Waals surface area contributed by atoms with Crippen LogP contribution in [0.3, 0.4) is 0 Å². The molecule has 0 fully saturated rings. The smallest absolute Gasteiger partial charge is 0.230 e. The Morgan fingerprint density at radius 1 is 1.40 bits per heavy atom. The van der Waals surface area contributed by atoms with Gasteiger partial charge in [0, 0.05) is 6.21 Å². The van der Waals surface area contributed by atoms with Crippen molar-refractivity contribution in [1.29, 1.82) is 0 Å². The lowest BCUT2D eigenvalue weighted by molar-refractivity contribution is 1.07. The summed E-state index contributed by atoms with van der Waals surface area (Å²) >= 11 is 6.27. The minimum absolute atomic E-state index is 0.644. The van der Waals surface area contributed by atoms with Crippen LogP contribution in [-0.4, -0.2) is 16.4 Å². The molecule has 0 amide bonds. The van der Waals surface area contributed by atoms with Crippen LogP contribution in [0.25, 0.3) is 0 Å². The zero-order valence-corrected chi connectivity index (χ0v) is 9.73.